The SMILES string of the molecule is CN1C(=O)[C@@H](NC(=O)c2cc(Oc3ccccc3)ccn2)COc2ccc(Br)cc21. The van der Waals surface area contributed by atoms with Crippen LogP contribution in [-0.2, 0) is 4.79 Å². The Morgan fingerprint density at radius 3 is 2.77 bits per heavy atom. The lowest BCUT2D eigenvalue weighted by Gasteiger charge is -2.20. The molecule has 0 aliphatic carbocycles. The number of ether oxygens (including phenoxy) is 2. The van der Waals surface area contributed by atoms with Gasteiger partial charge >= 0.3 is 0 Å². The Kier molecular flexibility index (Phi) is 5.67. The fraction of sp³-hybridized carbons (Fsp3) is 0.136. The van der Waals surface area contributed by atoms with E-state index in [4.69, 9.17) is 9.47 Å². The first kappa shape index (κ1) is 19.9. The number of carbonyl (C=O) groups excluding carboxylic acids is 2. The van der Waals surface area contributed by atoms with Crippen molar-refractivity contribution in [2.75, 3.05) is 18.6 Å². The summed E-state index contributed by atoms with van der Waals surface area (Å²) in [6.07, 6.45) is 1.48. The van der Waals surface area contributed by atoms with Gasteiger partial charge in [-0.1, -0.05) is 34.1 Å². The van der Waals surface area contributed by atoms with Gasteiger partial charge in [0.1, 0.15) is 35.6 Å². The van der Waals surface area contributed by atoms with Gasteiger partial charge < -0.3 is 19.7 Å². The number of benzene rings is 2. The van der Waals surface area contributed by atoms with E-state index in [0.29, 0.717) is 22.9 Å². The number of pyridine rings is 1. The number of likely N-dealkylation sites (N-methyl/N-ethyl adjacent to an activating group) is 1. The van der Waals surface area contributed by atoms with Crippen LogP contribution in [0, 0.1) is 0 Å². The van der Waals surface area contributed by atoms with E-state index in [1.165, 1.54) is 17.2 Å². The van der Waals surface area contributed by atoms with E-state index in [-0.39, 0.29) is 18.2 Å². The zero-order valence-electron chi connectivity index (χ0n) is 16.0. The molecule has 8 heteroatoms. The molecule has 2 heterocycles. The summed E-state index contributed by atoms with van der Waals surface area (Å²) in [5.74, 6) is 0.919. The number of fused-ring (bicyclic) bond motifs is 1. The van der Waals surface area contributed by atoms with Gasteiger partial charge in [0.25, 0.3) is 11.8 Å². The van der Waals surface area contributed by atoms with Crippen molar-refractivity contribution in [1.82, 2.24) is 10.3 Å². The molecule has 1 aliphatic heterocycles. The van der Waals surface area contributed by atoms with E-state index in [0.717, 1.165) is 4.47 Å². The summed E-state index contributed by atoms with van der Waals surface area (Å²) < 4.78 is 12.3. The average Bonchev–Trinajstić information content (AvgIpc) is 2.87. The molecule has 0 saturated carbocycles. The van der Waals surface area contributed by atoms with Gasteiger partial charge in [-0.3, -0.25) is 14.6 Å². The number of nitrogens with zero attached hydrogens (tertiary/aromatic N) is 2. The summed E-state index contributed by atoms with van der Waals surface area (Å²) in [7, 11) is 1.65. The Balaban J connectivity index is 1.49. The van der Waals surface area contributed by atoms with Gasteiger partial charge in [0.05, 0.1) is 5.69 Å². The Morgan fingerprint density at radius 1 is 1.17 bits per heavy atom. The Hall–Kier alpha value is -3.39. The monoisotopic (exact) mass is 467 g/mol. The lowest BCUT2D eigenvalue weighted by Crippen LogP contribution is -2.49. The van der Waals surface area contributed by atoms with Crippen molar-refractivity contribution in [1.29, 1.82) is 0 Å². The molecule has 4 rings (SSSR count). The number of hydrogen-bond acceptors (Lipinski definition) is 5. The lowest BCUT2D eigenvalue weighted by molar-refractivity contribution is -0.120. The highest BCUT2D eigenvalue weighted by Crippen LogP contribution is 2.33. The van der Waals surface area contributed by atoms with E-state index < -0.39 is 11.9 Å². The van der Waals surface area contributed by atoms with Crippen molar-refractivity contribution >= 4 is 33.4 Å². The Morgan fingerprint density at radius 2 is 1.97 bits per heavy atom. The lowest BCUT2D eigenvalue weighted by atomic mass is 10.2. The predicted octanol–water partition coefficient (Wildman–Crippen LogP) is 3.79. The third-order valence-electron chi connectivity index (χ3n) is 4.56. The van der Waals surface area contributed by atoms with Crippen molar-refractivity contribution in [2.45, 2.75) is 6.04 Å². The predicted molar refractivity (Wildman–Crippen MR) is 115 cm³/mol. The minimum absolute atomic E-state index is 0.0176. The van der Waals surface area contributed by atoms with Gasteiger partial charge in [-0.15, -0.1) is 0 Å². The van der Waals surface area contributed by atoms with Crippen LogP contribution in [0.2, 0.25) is 0 Å². The fourth-order valence-corrected chi connectivity index (χ4v) is 3.38. The molecule has 3 aromatic rings. The number of rotatable bonds is 4. The number of carbonyl (C=O) groups is 2. The second-order valence-corrected chi connectivity index (χ2v) is 7.55. The summed E-state index contributed by atoms with van der Waals surface area (Å²) >= 11 is 3.40. The maximum atomic E-state index is 12.9. The minimum Gasteiger partial charge on any atom is -0.489 e. The second-order valence-electron chi connectivity index (χ2n) is 6.64. The molecule has 1 N–H and O–H groups in total. The molecular formula is C22H18BrN3O4. The molecule has 0 unspecified atom stereocenters. The summed E-state index contributed by atoms with van der Waals surface area (Å²) in [5.41, 5.74) is 0.769. The third-order valence-corrected chi connectivity index (χ3v) is 5.06. The molecule has 152 valence electrons. The highest BCUT2D eigenvalue weighted by molar-refractivity contribution is 9.10. The molecular weight excluding hydrogens is 450 g/mol. The number of para-hydroxylation sites is 1. The smallest absolute Gasteiger partial charge is 0.270 e. The first-order valence-electron chi connectivity index (χ1n) is 9.21. The van der Waals surface area contributed by atoms with E-state index >= 15 is 0 Å². The van der Waals surface area contributed by atoms with E-state index in [1.54, 1.807) is 25.2 Å². The maximum Gasteiger partial charge on any atom is 0.270 e. The fourth-order valence-electron chi connectivity index (χ4n) is 3.03. The van der Waals surface area contributed by atoms with Crippen molar-refractivity contribution in [3.63, 3.8) is 0 Å². The van der Waals surface area contributed by atoms with Gasteiger partial charge in [0, 0.05) is 23.8 Å². The van der Waals surface area contributed by atoms with Gasteiger partial charge in [-0.25, -0.2) is 0 Å². The first-order chi connectivity index (χ1) is 14.5. The molecule has 30 heavy (non-hydrogen) atoms. The standard InChI is InChI=1S/C22H18BrN3O4/c1-26-19-11-14(23)7-8-20(19)29-13-18(22(26)28)25-21(27)17-12-16(9-10-24-17)30-15-5-3-2-4-6-15/h2-12,18H,13H2,1H3,(H,25,27)/t18-/m0/s1. The van der Waals surface area contributed by atoms with Gasteiger partial charge in [-0.05, 0) is 36.4 Å². The number of nitrogens with one attached hydrogen (secondary N) is 1. The average molecular weight is 468 g/mol. The van der Waals surface area contributed by atoms with E-state index in [9.17, 15) is 9.59 Å². The molecule has 0 radical (unpaired) electrons. The second kappa shape index (κ2) is 8.54. The minimum atomic E-state index is -0.853. The normalized spacial score (nSPS) is 15.6. The van der Waals surface area contributed by atoms with E-state index in [2.05, 4.69) is 26.2 Å². The number of aromatic nitrogens is 1. The van der Waals surface area contributed by atoms with Crippen LogP contribution in [0.5, 0.6) is 17.2 Å². The zero-order chi connectivity index (χ0) is 21.1. The highest BCUT2D eigenvalue weighted by Gasteiger charge is 2.31. The molecule has 1 atom stereocenters. The molecule has 0 fully saturated rings. The van der Waals surface area contributed by atoms with Crippen LogP contribution in [-0.4, -0.2) is 36.5 Å². The molecule has 0 spiro atoms. The summed E-state index contributed by atoms with van der Waals surface area (Å²) in [6.45, 7) is 0.0176. The Bertz CT molecular complexity index is 1090. The molecule has 2 aromatic carbocycles. The molecule has 2 amide bonds. The van der Waals surface area contributed by atoms with Crippen molar-refractivity contribution in [3.8, 4) is 17.2 Å². The van der Waals surface area contributed by atoms with E-state index in [1.807, 2.05) is 36.4 Å². The van der Waals surface area contributed by atoms with Crippen molar-refractivity contribution in [3.05, 3.63) is 77.0 Å². The van der Waals surface area contributed by atoms with Crippen LogP contribution in [0.15, 0.2) is 71.3 Å². The summed E-state index contributed by atoms with van der Waals surface area (Å²) in [6, 6.07) is 17.0. The van der Waals surface area contributed by atoms with Gasteiger partial charge in [0.15, 0.2) is 0 Å². The van der Waals surface area contributed by atoms with Gasteiger partial charge in [0.2, 0.25) is 0 Å². The molecule has 1 aromatic heterocycles. The topological polar surface area (TPSA) is 80.8 Å². The molecule has 1 aliphatic rings. The van der Waals surface area contributed by atoms with Crippen molar-refractivity contribution < 1.29 is 19.1 Å². The number of amides is 2. The Labute approximate surface area is 181 Å². The largest absolute Gasteiger partial charge is 0.489 e. The first-order valence-corrected chi connectivity index (χ1v) is 10.0. The van der Waals surface area contributed by atoms with Crippen LogP contribution < -0.4 is 19.7 Å². The van der Waals surface area contributed by atoms with Crippen LogP contribution in [0.4, 0.5) is 5.69 Å². The van der Waals surface area contributed by atoms with Gasteiger partial charge in [-0.2, -0.15) is 0 Å². The highest BCUT2D eigenvalue weighted by atomic mass is 79.9. The number of hydrogen-bond donors (Lipinski definition) is 1. The van der Waals surface area contributed by atoms with Crippen LogP contribution in [0.1, 0.15) is 10.5 Å². The number of halogens is 1. The summed E-state index contributed by atoms with van der Waals surface area (Å²) in [5, 5.41) is 2.71. The molecule has 0 bridgehead atoms. The third kappa shape index (κ3) is 4.28. The van der Waals surface area contributed by atoms with Crippen LogP contribution in [0.3, 0.4) is 0 Å². The van der Waals surface area contributed by atoms with Crippen LogP contribution in [0.25, 0.3) is 0 Å². The molecule has 0 saturated heterocycles. The maximum absolute atomic E-state index is 12.9. The summed E-state index contributed by atoms with van der Waals surface area (Å²) in [4.78, 5) is 31.2. The van der Waals surface area contributed by atoms with Crippen molar-refractivity contribution in [2.24, 2.45) is 0 Å². The quantitative estimate of drug-likeness (QED) is 0.631. The zero-order valence-corrected chi connectivity index (χ0v) is 17.6. The van der Waals surface area contributed by atoms with Crippen LogP contribution >= 0.6 is 15.9 Å². The molecule has 7 nitrogen and oxygen atoms in total. The number of anilines is 1.